The molecule has 1 N–H and O–H groups in total. The predicted molar refractivity (Wildman–Crippen MR) is 84.9 cm³/mol. The number of sulfonamides is 1. The number of nitrogens with zero attached hydrogens (tertiary/aromatic N) is 4. The zero-order chi connectivity index (χ0) is 17.2. The van der Waals surface area contributed by atoms with Crippen molar-refractivity contribution in [2.24, 2.45) is 7.05 Å². The van der Waals surface area contributed by atoms with Gasteiger partial charge in [-0.15, -0.1) is 5.10 Å². The molecule has 0 atom stereocenters. The van der Waals surface area contributed by atoms with E-state index in [4.69, 9.17) is 9.15 Å². The van der Waals surface area contributed by atoms with Crippen molar-refractivity contribution in [3.63, 3.8) is 0 Å². The average molecular weight is 349 g/mol. The third-order valence-corrected chi connectivity index (χ3v) is 4.34. The van der Waals surface area contributed by atoms with E-state index in [1.807, 2.05) is 6.92 Å². The molecule has 0 aliphatic carbocycles. The number of benzene rings is 1. The van der Waals surface area contributed by atoms with Gasteiger partial charge in [0.25, 0.3) is 15.9 Å². The summed E-state index contributed by atoms with van der Waals surface area (Å²) in [6.45, 7) is 2.26. The lowest BCUT2D eigenvalue weighted by molar-refractivity contribution is 0.339. The summed E-state index contributed by atoms with van der Waals surface area (Å²) in [5, 5.41) is 11.5. The van der Waals surface area contributed by atoms with Crippen LogP contribution in [0.15, 0.2) is 46.0 Å². The number of rotatable bonds is 6. The van der Waals surface area contributed by atoms with Gasteiger partial charge in [-0.25, -0.2) is 13.1 Å². The van der Waals surface area contributed by atoms with Crippen molar-refractivity contribution in [1.82, 2.24) is 20.0 Å². The Hall–Kier alpha value is -2.88. The van der Waals surface area contributed by atoms with Crippen LogP contribution >= 0.6 is 0 Å². The minimum Gasteiger partial charge on any atom is -0.494 e. The Labute approximate surface area is 138 Å². The summed E-state index contributed by atoms with van der Waals surface area (Å²) in [5.41, 5.74) is 0.591. The maximum Gasteiger partial charge on any atom is 0.330 e. The zero-order valence-corrected chi connectivity index (χ0v) is 13.8. The number of ether oxygens (including phenoxy) is 1. The van der Waals surface area contributed by atoms with Crippen molar-refractivity contribution in [3.05, 3.63) is 36.7 Å². The van der Waals surface area contributed by atoms with Crippen LogP contribution in [-0.4, -0.2) is 35.0 Å². The third-order valence-electron chi connectivity index (χ3n) is 3.03. The largest absolute Gasteiger partial charge is 0.494 e. The summed E-state index contributed by atoms with van der Waals surface area (Å²) in [5.74, 6) is 0.630. The van der Waals surface area contributed by atoms with Crippen LogP contribution < -0.4 is 9.46 Å². The molecule has 126 valence electrons. The predicted octanol–water partition coefficient (Wildman–Crippen LogP) is 1.67. The Morgan fingerprint density at radius 1 is 1.33 bits per heavy atom. The second-order valence-corrected chi connectivity index (χ2v) is 6.51. The van der Waals surface area contributed by atoms with Crippen LogP contribution in [0, 0.1) is 0 Å². The molecule has 1 aromatic carbocycles. The standard InChI is InChI=1S/C14H15N5O4S/c1-3-22-11-5-4-6-12(7-11)24(20,21)18-14-17-16-13(23-14)10-8-15-19(2)9-10/h4-9H,3H2,1-2H3,(H,17,18). The summed E-state index contributed by atoms with van der Waals surface area (Å²) in [6, 6.07) is 5.91. The highest BCUT2D eigenvalue weighted by Gasteiger charge is 2.19. The molecular weight excluding hydrogens is 334 g/mol. The van der Waals surface area contributed by atoms with E-state index in [0.717, 1.165) is 0 Å². The highest BCUT2D eigenvalue weighted by molar-refractivity contribution is 7.92. The van der Waals surface area contributed by atoms with Crippen molar-refractivity contribution >= 4 is 16.0 Å². The zero-order valence-electron chi connectivity index (χ0n) is 13.0. The van der Waals surface area contributed by atoms with Gasteiger partial charge in [0.1, 0.15) is 5.75 Å². The summed E-state index contributed by atoms with van der Waals surface area (Å²) < 4.78 is 39.2. The quantitative estimate of drug-likeness (QED) is 0.720. The fourth-order valence-corrected chi connectivity index (χ4v) is 2.94. The molecule has 2 heterocycles. The third kappa shape index (κ3) is 3.38. The highest BCUT2D eigenvalue weighted by Crippen LogP contribution is 2.22. The maximum atomic E-state index is 12.4. The Bertz CT molecular complexity index is 947. The molecule has 2 aromatic heterocycles. The molecule has 3 aromatic rings. The van der Waals surface area contributed by atoms with Crippen LogP contribution in [0.4, 0.5) is 6.01 Å². The molecule has 9 nitrogen and oxygen atoms in total. The molecule has 0 saturated carbocycles. The highest BCUT2D eigenvalue weighted by atomic mass is 32.2. The number of hydrogen-bond donors (Lipinski definition) is 1. The molecule has 0 aliphatic heterocycles. The Morgan fingerprint density at radius 3 is 2.88 bits per heavy atom. The van der Waals surface area contributed by atoms with E-state index in [2.05, 4.69) is 20.0 Å². The van der Waals surface area contributed by atoms with Gasteiger partial charge in [0.15, 0.2) is 0 Å². The van der Waals surface area contributed by atoms with Gasteiger partial charge < -0.3 is 9.15 Å². The maximum absolute atomic E-state index is 12.4. The van der Waals surface area contributed by atoms with Crippen molar-refractivity contribution in [3.8, 4) is 17.2 Å². The summed E-state index contributed by atoms with van der Waals surface area (Å²) >= 11 is 0. The molecule has 24 heavy (non-hydrogen) atoms. The molecule has 0 radical (unpaired) electrons. The van der Waals surface area contributed by atoms with E-state index < -0.39 is 10.0 Å². The van der Waals surface area contributed by atoms with Gasteiger partial charge in [-0.2, -0.15) is 5.10 Å². The van der Waals surface area contributed by atoms with E-state index >= 15 is 0 Å². The molecule has 0 saturated heterocycles. The second-order valence-electron chi connectivity index (χ2n) is 4.83. The van der Waals surface area contributed by atoms with Crippen LogP contribution in [0.5, 0.6) is 5.75 Å². The first-order valence-electron chi connectivity index (χ1n) is 7.06. The molecule has 0 fully saturated rings. The van der Waals surface area contributed by atoms with Crippen LogP contribution in [0.25, 0.3) is 11.5 Å². The molecule has 10 heteroatoms. The average Bonchev–Trinajstić information content (AvgIpc) is 3.16. The summed E-state index contributed by atoms with van der Waals surface area (Å²) in [4.78, 5) is 0.0366. The van der Waals surface area contributed by atoms with E-state index in [1.165, 1.54) is 18.3 Å². The smallest absolute Gasteiger partial charge is 0.330 e. The van der Waals surface area contributed by atoms with Crippen molar-refractivity contribution in [1.29, 1.82) is 0 Å². The van der Waals surface area contributed by atoms with Gasteiger partial charge in [-0.1, -0.05) is 11.2 Å². The number of hydrogen-bond acceptors (Lipinski definition) is 7. The molecular formula is C14H15N5O4S. The van der Waals surface area contributed by atoms with Crippen molar-refractivity contribution < 1.29 is 17.6 Å². The fourth-order valence-electron chi connectivity index (χ4n) is 1.98. The lowest BCUT2D eigenvalue weighted by Crippen LogP contribution is -2.13. The first kappa shape index (κ1) is 16.0. The fraction of sp³-hybridized carbons (Fsp3) is 0.214. The van der Waals surface area contributed by atoms with E-state index in [1.54, 1.807) is 30.1 Å². The van der Waals surface area contributed by atoms with Gasteiger partial charge in [-0.3, -0.25) is 4.68 Å². The van der Waals surface area contributed by atoms with Crippen molar-refractivity contribution in [2.75, 3.05) is 11.3 Å². The van der Waals surface area contributed by atoms with Crippen LogP contribution in [0.3, 0.4) is 0 Å². The first-order chi connectivity index (χ1) is 11.5. The van der Waals surface area contributed by atoms with Gasteiger partial charge in [0, 0.05) is 19.3 Å². The SMILES string of the molecule is CCOc1cccc(S(=O)(=O)Nc2nnc(-c3cnn(C)c3)o2)c1. The normalized spacial score (nSPS) is 11.4. The number of nitrogens with one attached hydrogen (secondary N) is 1. The summed E-state index contributed by atoms with van der Waals surface area (Å²) in [7, 11) is -2.12. The Balaban J connectivity index is 1.82. The molecule has 3 rings (SSSR count). The molecule has 0 amide bonds. The number of anilines is 1. The Kier molecular flexibility index (Phi) is 4.21. The lowest BCUT2D eigenvalue weighted by Gasteiger charge is -2.07. The van der Waals surface area contributed by atoms with Crippen LogP contribution in [0.1, 0.15) is 6.92 Å². The van der Waals surface area contributed by atoms with Crippen LogP contribution in [0.2, 0.25) is 0 Å². The Morgan fingerprint density at radius 2 is 2.17 bits per heavy atom. The molecule has 0 bridgehead atoms. The van der Waals surface area contributed by atoms with Gasteiger partial charge in [0.05, 0.1) is 23.3 Å². The van der Waals surface area contributed by atoms with E-state index in [9.17, 15) is 8.42 Å². The van der Waals surface area contributed by atoms with Crippen LogP contribution in [-0.2, 0) is 17.1 Å². The minimum atomic E-state index is -3.86. The van der Waals surface area contributed by atoms with Crippen molar-refractivity contribution in [2.45, 2.75) is 11.8 Å². The monoisotopic (exact) mass is 349 g/mol. The lowest BCUT2D eigenvalue weighted by atomic mass is 10.3. The van der Waals surface area contributed by atoms with E-state index in [-0.39, 0.29) is 16.8 Å². The van der Waals surface area contributed by atoms with Gasteiger partial charge in [0.2, 0.25) is 0 Å². The minimum absolute atomic E-state index is 0.0366. The van der Waals surface area contributed by atoms with Gasteiger partial charge >= 0.3 is 6.01 Å². The molecule has 0 spiro atoms. The van der Waals surface area contributed by atoms with E-state index in [0.29, 0.717) is 17.9 Å². The molecule has 0 aliphatic rings. The number of aromatic nitrogens is 4. The number of aryl methyl sites for hydroxylation is 1. The second kappa shape index (κ2) is 6.32. The van der Waals surface area contributed by atoms with Gasteiger partial charge in [-0.05, 0) is 19.1 Å². The first-order valence-corrected chi connectivity index (χ1v) is 8.54. The molecule has 0 unspecified atom stereocenters. The topological polar surface area (TPSA) is 112 Å². The summed E-state index contributed by atoms with van der Waals surface area (Å²) in [6.07, 6.45) is 3.22.